The van der Waals surface area contributed by atoms with Crippen LogP contribution in [0.1, 0.15) is 99.9 Å². The number of hydrogen-bond donors (Lipinski definition) is 0. The first-order valence-electron chi connectivity index (χ1n) is 18.8. The number of hydrogen-bond acceptors (Lipinski definition) is 5. The summed E-state index contributed by atoms with van der Waals surface area (Å²) in [5, 5.41) is 9.73. The molecule has 9 heteroatoms. The minimum Gasteiger partial charge on any atom is -0.870 e. The summed E-state index contributed by atoms with van der Waals surface area (Å²) in [4.78, 5) is 9.73. The summed E-state index contributed by atoms with van der Waals surface area (Å²) >= 11 is 0. The fraction of sp³-hybridized carbons (Fsp3) is 0.375. The predicted molar refractivity (Wildman–Crippen MR) is 238 cm³/mol. The van der Waals surface area contributed by atoms with E-state index in [-0.39, 0.29) is 45.1 Å². The summed E-state index contributed by atoms with van der Waals surface area (Å²) in [5.74, 6) is 0. The van der Waals surface area contributed by atoms with E-state index >= 15 is 0 Å². The van der Waals surface area contributed by atoms with Crippen molar-refractivity contribution in [1.29, 1.82) is 0 Å². The number of aliphatic imine (C=N–C) groups is 2. The van der Waals surface area contributed by atoms with Crippen molar-refractivity contribution < 1.29 is 49.8 Å². The van der Waals surface area contributed by atoms with Gasteiger partial charge in [0, 0.05) is 24.6 Å². The Balaban J connectivity index is -0.000000860. The topological polar surface area (TPSA) is 122 Å². The Morgan fingerprint density at radius 2 is 0.667 bits per heavy atom. The second kappa shape index (κ2) is 28.6. The van der Waals surface area contributed by atoms with E-state index in [4.69, 9.17) is 25.4 Å². The van der Waals surface area contributed by atoms with Crippen molar-refractivity contribution >= 4 is 34.2 Å². The van der Waals surface area contributed by atoms with Gasteiger partial charge in [-0.2, -0.15) is 11.4 Å². The first-order chi connectivity index (χ1) is 25.0. The van der Waals surface area contributed by atoms with Gasteiger partial charge in [-0.05, 0) is 130 Å². The molecule has 7 nitrogen and oxygen atoms in total. The largest absolute Gasteiger partial charge is 2.00 e. The molecule has 4 rings (SSSR count). The van der Waals surface area contributed by atoms with Gasteiger partial charge in [-0.15, -0.1) is 11.4 Å². The predicted octanol–water partition coefficient (Wildman–Crippen LogP) is 14.7. The quantitative estimate of drug-likeness (QED) is 0.117. The van der Waals surface area contributed by atoms with Gasteiger partial charge < -0.3 is 26.3 Å². The fourth-order valence-electron chi connectivity index (χ4n) is 5.66. The molecule has 57 heavy (non-hydrogen) atoms. The standard InChI is InChI=1S/2C22H27N2.C4H10O.2Fe.2H2O/c2*1-14-10-8-11-15(2)21(14)23-19(6)18(5)20(7)24-22-16(3)12-9-13-17(22)4;1-3-5-4-2;;;;/h2*8-13H,1-7H3;3-4H2,1-2H3;;;2*1H2/q2*-1;;2*+2;;/p-2/b2*19-18-,24-20?;;;;;. The molecule has 0 saturated carbocycles. The molecule has 312 valence electrons. The van der Waals surface area contributed by atoms with Crippen molar-refractivity contribution in [2.75, 3.05) is 13.2 Å². The van der Waals surface area contributed by atoms with Crippen LogP contribution >= 0.6 is 0 Å². The molecule has 4 aromatic carbocycles. The summed E-state index contributed by atoms with van der Waals surface area (Å²) in [6.45, 7) is 34.9. The van der Waals surface area contributed by atoms with Crippen LogP contribution in [0.5, 0.6) is 0 Å². The van der Waals surface area contributed by atoms with Crippen LogP contribution in [0, 0.1) is 55.4 Å². The number of nitrogens with zero attached hydrogens (tertiary/aromatic N) is 4. The van der Waals surface area contributed by atoms with Gasteiger partial charge in [0.05, 0.1) is 11.4 Å². The molecule has 0 aliphatic carbocycles. The molecule has 0 fully saturated rings. The van der Waals surface area contributed by atoms with Gasteiger partial charge in [0.2, 0.25) is 0 Å². The first kappa shape index (κ1) is 57.5. The molecule has 0 unspecified atom stereocenters. The normalized spacial score (nSPS) is 11.6. The molecule has 0 saturated heterocycles. The maximum absolute atomic E-state index is 4.86. The average molecular weight is 859 g/mol. The average Bonchev–Trinajstić information content (AvgIpc) is 3.11. The Morgan fingerprint density at radius 3 is 0.877 bits per heavy atom. The number of rotatable bonds is 10. The molecule has 0 aliphatic heterocycles. The Morgan fingerprint density at radius 1 is 0.439 bits per heavy atom. The molecule has 2 N–H and O–H groups in total. The van der Waals surface area contributed by atoms with Crippen LogP contribution in [0.4, 0.5) is 22.7 Å². The number of allylic oxidation sites excluding steroid dienone is 4. The van der Waals surface area contributed by atoms with Gasteiger partial charge in [0.1, 0.15) is 0 Å². The first-order valence-corrected chi connectivity index (χ1v) is 18.8. The number of ether oxygens (including phenoxy) is 1. The molecule has 0 atom stereocenters. The summed E-state index contributed by atoms with van der Waals surface area (Å²) < 4.78 is 4.83. The Kier molecular flexibility index (Phi) is 28.9. The SMILES string of the molecule is CC(=Nc1c(C)cccc1C)/C(C)=C(/C)[N-]c1c(C)cccc1C.CC(=Nc1c(C)cccc1C)/C(C)=C(/C)[N-]c1c(C)cccc1C.CCOCC.[Fe+2].[Fe+2].[OH-].[OH-]. The van der Waals surface area contributed by atoms with Gasteiger partial charge in [-0.1, -0.05) is 109 Å². The van der Waals surface area contributed by atoms with Crippen molar-refractivity contribution in [2.45, 2.75) is 111 Å². The van der Waals surface area contributed by atoms with Crippen LogP contribution in [-0.2, 0) is 38.9 Å². The molecular formula is C48H66Fe2N4O3. The fourth-order valence-corrected chi connectivity index (χ4v) is 5.66. The van der Waals surface area contributed by atoms with Gasteiger partial charge in [-0.3, -0.25) is 9.98 Å². The van der Waals surface area contributed by atoms with Crippen LogP contribution in [0.25, 0.3) is 10.6 Å². The Bertz CT molecular complexity index is 1760. The van der Waals surface area contributed by atoms with Crippen molar-refractivity contribution in [3.8, 4) is 0 Å². The third kappa shape index (κ3) is 17.7. The molecular weight excluding hydrogens is 792 g/mol. The molecule has 0 aromatic heterocycles. The zero-order chi connectivity index (χ0) is 39.8. The Hall–Kier alpha value is -3.78. The van der Waals surface area contributed by atoms with E-state index in [1.165, 1.54) is 44.5 Å². The van der Waals surface area contributed by atoms with E-state index in [1.807, 2.05) is 13.8 Å². The number of para-hydroxylation sites is 4. The monoisotopic (exact) mass is 858 g/mol. The number of aryl methyl sites for hydroxylation is 8. The van der Waals surface area contributed by atoms with Crippen LogP contribution in [0.2, 0.25) is 0 Å². The molecule has 0 radical (unpaired) electrons. The third-order valence-electron chi connectivity index (χ3n) is 9.46. The molecule has 0 aliphatic rings. The molecule has 0 amide bonds. The van der Waals surface area contributed by atoms with E-state index in [1.54, 1.807) is 0 Å². The van der Waals surface area contributed by atoms with Gasteiger partial charge in [0.15, 0.2) is 0 Å². The maximum atomic E-state index is 4.86. The van der Waals surface area contributed by atoms with Crippen molar-refractivity contribution in [3.63, 3.8) is 0 Å². The third-order valence-corrected chi connectivity index (χ3v) is 9.46. The zero-order valence-electron chi connectivity index (χ0n) is 37.1. The second-order valence-corrected chi connectivity index (χ2v) is 13.8. The maximum Gasteiger partial charge on any atom is 2.00 e. The summed E-state index contributed by atoms with van der Waals surface area (Å²) in [6, 6.07) is 25.1. The van der Waals surface area contributed by atoms with Crippen molar-refractivity contribution in [1.82, 2.24) is 0 Å². The zero-order valence-corrected chi connectivity index (χ0v) is 39.3. The minimum atomic E-state index is 0. The molecule has 0 spiro atoms. The molecule has 0 bridgehead atoms. The van der Waals surface area contributed by atoms with E-state index in [9.17, 15) is 0 Å². The van der Waals surface area contributed by atoms with Crippen molar-refractivity contribution in [2.24, 2.45) is 9.98 Å². The van der Waals surface area contributed by atoms with Crippen LogP contribution in [-0.4, -0.2) is 35.6 Å². The number of benzene rings is 4. The van der Waals surface area contributed by atoms with E-state index < -0.39 is 0 Å². The van der Waals surface area contributed by atoms with Crippen LogP contribution < -0.4 is 0 Å². The van der Waals surface area contributed by atoms with E-state index in [0.717, 1.165) is 69.9 Å². The smallest absolute Gasteiger partial charge is 0.870 e. The minimum absolute atomic E-state index is 0. The van der Waals surface area contributed by atoms with Crippen molar-refractivity contribution in [3.05, 3.63) is 150 Å². The van der Waals surface area contributed by atoms with Crippen LogP contribution in [0.3, 0.4) is 0 Å². The summed E-state index contributed by atoms with van der Waals surface area (Å²) in [6.07, 6.45) is 0. The van der Waals surface area contributed by atoms with E-state index in [0.29, 0.717) is 0 Å². The summed E-state index contributed by atoms with van der Waals surface area (Å²) in [7, 11) is 0. The Labute approximate surface area is 366 Å². The molecule has 4 aromatic rings. The molecule has 0 heterocycles. The summed E-state index contributed by atoms with van der Waals surface area (Å²) in [5.41, 5.74) is 20.2. The second-order valence-electron chi connectivity index (χ2n) is 13.8. The van der Waals surface area contributed by atoms with E-state index in [2.05, 4.69) is 170 Å². The van der Waals surface area contributed by atoms with Gasteiger partial charge in [-0.25, -0.2) is 0 Å². The van der Waals surface area contributed by atoms with Crippen LogP contribution in [0.15, 0.2) is 105 Å². The van der Waals surface area contributed by atoms with Gasteiger partial charge >= 0.3 is 34.1 Å². The van der Waals surface area contributed by atoms with Gasteiger partial charge in [0.25, 0.3) is 0 Å².